The Morgan fingerprint density at radius 1 is 1.31 bits per heavy atom. The second-order valence-electron chi connectivity index (χ2n) is 4.29. The largest absolute Gasteiger partial charge is 0.321 e. The smallest absolute Gasteiger partial charge is 0.0865 e. The molecule has 1 aliphatic rings. The molecule has 0 saturated carbocycles. The highest BCUT2D eigenvalue weighted by atomic mass is 14.7. The molecule has 2 N–H and O–H groups in total. The molecule has 2 unspecified atom stereocenters. The number of hydrogen-bond donors (Lipinski definition) is 1. The van der Waals surface area contributed by atoms with Crippen LogP contribution in [0.15, 0.2) is 48.6 Å². The minimum atomic E-state index is -0.562. The molecule has 2 atom stereocenters. The molecule has 2 rings (SSSR count). The van der Waals surface area contributed by atoms with E-state index in [2.05, 4.69) is 6.07 Å². The molecule has 0 heterocycles. The van der Waals surface area contributed by atoms with Crippen molar-refractivity contribution in [1.82, 2.24) is 0 Å². The molecule has 2 heteroatoms. The highest BCUT2D eigenvalue weighted by Crippen LogP contribution is 2.29. The van der Waals surface area contributed by atoms with Gasteiger partial charge in [-0.2, -0.15) is 5.26 Å². The molecule has 16 heavy (non-hydrogen) atoms. The van der Waals surface area contributed by atoms with Crippen LogP contribution in [-0.4, -0.2) is 5.54 Å². The van der Waals surface area contributed by atoms with Gasteiger partial charge in [0, 0.05) is 0 Å². The molecule has 2 nitrogen and oxygen atoms in total. The average molecular weight is 210 g/mol. The molecular weight excluding hydrogens is 196 g/mol. The molecule has 0 spiro atoms. The molecule has 0 amide bonds. The summed E-state index contributed by atoms with van der Waals surface area (Å²) in [5, 5.41) is 9.08. The minimum Gasteiger partial charge on any atom is -0.321 e. The van der Waals surface area contributed by atoms with Crippen LogP contribution in [0.3, 0.4) is 0 Å². The van der Waals surface area contributed by atoms with Crippen LogP contribution in [0, 0.1) is 17.2 Å². The van der Waals surface area contributed by atoms with E-state index in [1.165, 1.54) is 0 Å². The molecule has 0 radical (unpaired) electrons. The molecule has 0 aromatic heterocycles. The Balaban J connectivity index is 2.38. The maximum atomic E-state index is 9.08. The molecule has 80 valence electrons. The number of benzene rings is 1. The van der Waals surface area contributed by atoms with Crippen LogP contribution in [0.25, 0.3) is 5.57 Å². The van der Waals surface area contributed by atoms with Crippen LogP contribution < -0.4 is 5.73 Å². The van der Waals surface area contributed by atoms with E-state index in [-0.39, 0.29) is 5.92 Å². The first-order valence-electron chi connectivity index (χ1n) is 5.28. The van der Waals surface area contributed by atoms with E-state index >= 15 is 0 Å². The first-order chi connectivity index (χ1) is 7.63. The summed E-state index contributed by atoms with van der Waals surface area (Å²) >= 11 is 0. The zero-order valence-electron chi connectivity index (χ0n) is 9.22. The van der Waals surface area contributed by atoms with E-state index in [4.69, 9.17) is 11.0 Å². The Kier molecular flexibility index (Phi) is 2.64. The first-order valence-corrected chi connectivity index (χ1v) is 5.28. The highest BCUT2D eigenvalue weighted by Gasteiger charge is 2.28. The van der Waals surface area contributed by atoms with Crippen LogP contribution in [-0.2, 0) is 0 Å². The first kappa shape index (κ1) is 10.7. The number of hydrogen-bond acceptors (Lipinski definition) is 2. The van der Waals surface area contributed by atoms with Gasteiger partial charge in [0.25, 0.3) is 0 Å². The van der Waals surface area contributed by atoms with Crippen molar-refractivity contribution < 1.29 is 0 Å². The molecule has 0 aliphatic heterocycles. The fourth-order valence-electron chi connectivity index (χ4n) is 1.79. The van der Waals surface area contributed by atoms with Crippen molar-refractivity contribution in [3.05, 3.63) is 54.1 Å². The minimum absolute atomic E-state index is 0.271. The summed E-state index contributed by atoms with van der Waals surface area (Å²) in [6, 6.07) is 12.3. The van der Waals surface area contributed by atoms with Crippen LogP contribution >= 0.6 is 0 Å². The maximum absolute atomic E-state index is 9.08. The lowest BCUT2D eigenvalue weighted by Gasteiger charge is -2.28. The van der Waals surface area contributed by atoms with E-state index < -0.39 is 5.54 Å². The normalized spacial score (nSPS) is 28.3. The average Bonchev–Trinajstić information content (AvgIpc) is 2.30. The van der Waals surface area contributed by atoms with Crippen LogP contribution in [0.2, 0.25) is 0 Å². The summed E-state index contributed by atoms with van der Waals surface area (Å²) in [5.41, 5.74) is 7.64. The number of nitrogens with zero attached hydrogens (tertiary/aromatic N) is 1. The molecular formula is C14H14N2. The third kappa shape index (κ3) is 1.91. The van der Waals surface area contributed by atoms with E-state index in [9.17, 15) is 0 Å². The van der Waals surface area contributed by atoms with Crippen molar-refractivity contribution >= 4 is 5.57 Å². The van der Waals surface area contributed by atoms with Gasteiger partial charge in [-0.1, -0.05) is 48.6 Å². The van der Waals surface area contributed by atoms with Crippen LogP contribution in [0.1, 0.15) is 12.5 Å². The molecule has 0 saturated heterocycles. The number of rotatable bonds is 1. The van der Waals surface area contributed by atoms with Gasteiger partial charge in [0.1, 0.15) is 0 Å². The fourth-order valence-corrected chi connectivity index (χ4v) is 1.79. The van der Waals surface area contributed by atoms with E-state index in [1.807, 2.05) is 55.5 Å². The summed E-state index contributed by atoms with van der Waals surface area (Å²) in [7, 11) is 0. The van der Waals surface area contributed by atoms with E-state index in [1.54, 1.807) is 0 Å². The van der Waals surface area contributed by atoms with Gasteiger partial charge in [0.15, 0.2) is 0 Å². The van der Waals surface area contributed by atoms with Gasteiger partial charge in [-0.15, -0.1) is 0 Å². The zero-order valence-corrected chi connectivity index (χ0v) is 9.22. The van der Waals surface area contributed by atoms with Gasteiger partial charge in [0.05, 0.1) is 17.5 Å². The Morgan fingerprint density at radius 2 is 2.00 bits per heavy atom. The molecule has 1 aliphatic carbocycles. The van der Waals surface area contributed by atoms with Crippen molar-refractivity contribution in [2.75, 3.05) is 0 Å². The molecule has 1 aromatic rings. The third-order valence-electron chi connectivity index (χ3n) is 2.88. The monoisotopic (exact) mass is 210 g/mol. The summed E-state index contributed by atoms with van der Waals surface area (Å²) in [6.07, 6.45) is 5.84. The third-order valence-corrected chi connectivity index (χ3v) is 2.88. The summed E-state index contributed by atoms with van der Waals surface area (Å²) in [6.45, 7) is 1.87. The van der Waals surface area contributed by atoms with Gasteiger partial charge in [0.2, 0.25) is 0 Å². The summed E-state index contributed by atoms with van der Waals surface area (Å²) < 4.78 is 0. The quantitative estimate of drug-likeness (QED) is 0.774. The van der Waals surface area contributed by atoms with Crippen molar-refractivity contribution in [2.45, 2.75) is 12.5 Å². The maximum Gasteiger partial charge on any atom is 0.0865 e. The predicted molar refractivity (Wildman–Crippen MR) is 65.3 cm³/mol. The van der Waals surface area contributed by atoms with Gasteiger partial charge in [-0.05, 0) is 18.1 Å². The second kappa shape index (κ2) is 3.96. The van der Waals surface area contributed by atoms with E-state index in [0.29, 0.717) is 0 Å². The van der Waals surface area contributed by atoms with Crippen LogP contribution in [0.4, 0.5) is 0 Å². The summed E-state index contributed by atoms with van der Waals surface area (Å²) in [4.78, 5) is 0. The Morgan fingerprint density at radius 3 is 2.62 bits per heavy atom. The lowest BCUT2D eigenvalue weighted by Crippen LogP contribution is -2.42. The molecule has 0 fully saturated rings. The lowest BCUT2D eigenvalue weighted by molar-refractivity contribution is 0.504. The van der Waals surface area contributed by atoms with Gasteiger partial charge >= 0.3 is 0 Å². The van der Waals surface area contributed by atoms with E-state index in [0.717, 1.165) is 11.1 Å². The summed E-state index contributed by atoms with van der Waals surface area (Å²) in [5.74, 6) is -0.271. The van der Waals surface area contributed by atoms with Crippen LogP contribution in [0.5, 0.6) is 0 Å². The zero-order chi connectivity index (χ0) is 11.6. The fraction of sp³-hybridized carbons (Fsp3) is 0.214. The Hall–Kier alpha value is -1.85. The lowest BCUT2D eigenvalue weighted by atomic mass is 9.80. The Labute approximate surface area is 95.7 Å². The van der Waals surface area contributed by atoms with Gasteiger partial charge in [-0.3, -0.25) is 0 Å². The molecule has 1 aromatic carbocycles. The van der Waals surface area contributed by atoms with Gasteiger partial charge in [-0.25, -0.2) is 0 Å². The van der Waals surface area contributed by atoms with Crippen molar-refractivity contribution in [1.29, 1.82) is 5.26 Å². The van der Waals surface area contributed by atoms with Crippen molar-refractivity contribution in [3.8, 4) is 6.07 Å². The Bertz CT molecular complexity index is 475. The number of nitriles is 1. The second-order valence-corrected chi connectivity index (χ2v) is 4.29. The standard InChI is InChI=1S/C14H14N2/c1-14(16)8-7-12(9-13(14)10-15)11-5-3-2-4-6-11/h2-9,13H,16H2,1H3. The van der Waals surface area contributed by atoms with Gasteiger partial charge < -0.3 is 5.73 Å². The number of allylic oxidation sites excluding steroid dienone is 2. The molecule has 0 bridgehead atoms. The SMILES string of the molecule is CC1(N)C=CC(c2ccccc2)=CC1C#N. The predicted octanol–water partition coefficient (Wildman–Crippen LogP) is 2.50. The highest BCUT2D eigenvalue weighted by molar-refractivity contribution is 5.76. The van der Waals surface area contributed by atoms with Crippen molar-refractivity contribution in [3.63, 3.8) is 0 Å². The topological polar surface area (TPSA) is 49.8 Å². The number of nitrogens with two attached hydrogens (primary N) is 1. The van der Waals surface area contributed by atoms with Crippen molar-refractivity contribution in [2.24, 2.45) is 11.7 Å².